The molecule has 0 aromatic heterocycles. The van der Waals surface area contributed by atoms with E-state index in [2.05, 4.69) is 0 Å². The summed E-state index contributed by atoms with van der Waals surface area (Å²) in [7, 11) is 1.88. The predicted octanol–water partition coefficient (Wildman–Crippen LogP) is 2.37. The van der Waals surface area contributed by atoms with Crippen LogP contribution in [-0.2, 0) is 4.74 Å². The van der Waals surface area contributed by atoms with Gasteiger partial charge in [-0.15, -0.1) is 0 Å². The molecule has 0 N–H and O–H groups in total. The molecule has 2 heteroatoms. The van der Waals surface area contributed by atoms with E-state index in [1.807, 2.05) is 7.11 Å². The summed E-state index contributed by atoms with van der Waals surface area (Å²) < 4.78 is 5.57. The van der Waals surface area contributed by atoms with Crippen molar-refractivity contribution in [1.82, 2.24) is 0 Å². The van der Waals surface area contributed by atoms with Gasteiger partial charge < -0.3 is 4.74 Å². The van der Waals surface area contributed by atoms with Crippen molar-refractivity contribution < 1.29 is 4.74 Å². The standard InChI is InChI=1S/C11H18OS/c1-12-9-5-6-4-8(9)11-7(6)2-3-10(11)13/h6-11,13H,2-5H2,1H3. The summed E-state index contributed by atoms with van der Waals surface area (Å²) in [6.45, 7) is 0. The van der Waals surface area contributed by atoms with Crippen molar-refractivity contribution in [2.75, 3.05) is 7.11 Å². The van der Waals surface area contributed by atoms with E-state index in [-0.39, 0.29) is 0 Å². The Morgan fingerprint density at radius 3 is 2.77 bits per heavy atom. The van der Waals surface area contributed by atoms with Gasteiger partial charge in [-0.05, 0) is 49.4 Å². The summed E-state index contributed by atoms with van der Waals surface area (Å²) in [6, 6.07) is 0. The Balaban J connectivity index is 1.85. The van der Waals surface area contributed by atoms with Gasteiger partial charge in [0.05, 0.1) is 6.10 Å². The Hall–Kier alpha value is 0.310. The lowest BCUT2D eigenvalue weighted by Crippen LogP contribution is -2.32. The van der Waals surface area contributed by atoms with Gasteiger partial charge in [0.1, 0.15) is 0 Å². The average molecular weight is 198 g/mol. The molecular formula is C11H18OS. The molecule has 0 aromatic rings. The summed E-state index contributed by atoms with van der Waals surface area (Å²) in [5.74, 6) is 3.74. The number of fused-ring (bicyclic) bond motifs is 5. The number of methoxy groups -OCH3 is 1. The van der Waals surface area contributed by atoms with Gasteiger partial charge in [0.15, 0.2) is 0 Å². The molecule has 3 aliphatic rings. The second-order valence-corrected chi connectivity index (χ2v) is 5.72. The zero-order chi connectivity index (χ0) is 9.00. The second-order valence-electron chi connectivity index (χ2n) is 5.06. The lowest BCUT2D eigenvalue weighted by atomic mass is 9.80. The van der Waals surface area contributed by atoms with Crippen molar-refractivity contribution >= 4 is 12.6 Å². The molecule has 3 saturated carbocycles. The molecule has 0 heterocycles. The summed E-state index contributed by atoms with van der Waals surface area (Å²) >= 11 is 4.72. The van der Waals surface area contributed by atoms with Gasteiger partial charge in [-0.1, -0.05) is 0 Å². The van der Waals surface area contributed by atoms with Gasteiger partial charge >= 0.3 is 0 Å². The third-order valence-electron chi connectivity index (χ3n) is 4.72. The molecule has 0 saturated heterocycles. The number of ether oxygens (including phenoxy) is 1. The molecule has 1 nitrogen and oxygen atoms in total. The van der Waals surface area contributed by atoms with Crippen molar-refractivity contribution in [1.29, 1.82) is 0 Å². The third kappa shape index (κ3) is 1.05. The van der Waals surface area contributed by atoms with Crippen molar-refractivity contribution in [3.8, 4) is 0 Å². The van der Waals surface area contributed by atoms with E-state index in [9.17, 15) is 0 Å². The minimum Gasteiger partial charge on any atom is -0.381 e. The highest BCUT2D eigenvalue weighted by molar-refractivity contribution is 7.81. The third-order valence-corrected chi connectivity index (χ3v) is 5.33. The molecule has 13 heavy (non-hydrogen) atoms. The lowest BCUT2D eigenvalue weighted by molar-refractivity contribution is 0.0235. The molecule has 74 valence electrons. The smallest absolute Gasteiger partial charge is 0.0605 e. The van der Waals surface area contributed by atoms with Crippen molar-refractivity contribution in [3.63, 3.8) is 0 Å². The van der Waals surface area contributed by atoms with Crippen LogP contribution in [0.3, 0.4) is 0 Å². The zero-order valence-corrected chi connectivity index (χ0v) is 9.04. The van der Waals surface area contributed by atoms with Crippen LogP contribution in [-0.4, -0.2) is 18.5 Å². The van der Waals surface area contributed by atoms with Crippen LogP contribution in [0.5, 0.6) is 0 Å². The molecule has 0 aliphatic heterocycles. The number of rotatable bonds is 1. The highest BCUT2D eigenvalue weighted by Crippen LogP contribution is 2.60. The maximum absolute atomic E-state index is 5.57. The topological polar surface area (TPSA) is 9.23 Å². The van der Waals surface area contributed by atoms with Crippen molar-refractivity contribution in [2.45, 2.75) is 37.0 Å². The van der Waals surface area contributed by atoms with Crippen molar-refractivity contribution in [3.05, 3.63) is 0 Å². The first-order valence-electron chi connectivity index (χ1n) is 5.52. The van der Waals surface area contributed by atoms with Gasteiger partial charge in [-0.3, -0.25) is 0 Å². The SMILES string of the molecule is COC1CC2CC1C1C(S)CCC21. The normalized spacial score (nSPS) is 58.6. The first-order valence-corrected chi connectivity index (χ1v) is 6.03. The van der Waals surface area contributed by atoms with Gasteiger partial charge in [0.25, 0.3) is 0 Å². The quantitative estimate of drug-likeness (QED) is 0.636. The summed E-state index contributed by atoms with van der Waals surface area (Å²) in [6.07, 6.45) is 6.13. The first-order chi connectivity index (χ1) is 6.31. The van der Waals surface area contributed by atoms with E-state index in [0.29, 0.717) is 11.4 Å². The molecule has 2 bridgehead atoms. The van der Waals surface area contributed by atoms with Crippen LogP contribution in [0.2, 0.25) is 0 Å². The van der Waals surface area contributed by atoms with Gasteiger partial charge in [-0.2, -0.15) is 12.6 Å². The van der Waals surface area contributed by atoms with E-state index >= 15 is 0 Å². The fourth-order valence-electron chi connectivity index (χ4n) is 4.28. The van der Waals surface area contributed by atoms with Gasteiger partial charge in [0, 0.05) is 12.4 Å². The molecule has 3 rings (SSSR count). The number of hydrogen-bond acceptors (Lipinski definition) is 2. The minimum atomic E-state index is 0.569. The highest BCUT2D eigenvalue weighted by atomic mass is 32.1. The van der Waals surface area contributed by atoms with Crippen LogP contribution in [0.15, 0.2) is 0 Å². The highest BCUT2D eigenvalue weighted by Gasteiger charge is 2.56. The van der Waals surface area contributed by atoms with Crippen molar-refractivity contribution in [2.24, 2.45) is 23.7 Å². The monoisotopic (exact) mass is 198 g/mol. The Bertz CT molecular complexity index is 218. The first kappa shape index (κ1) is 8.60. The molecule has 3 aliphatic carbocycles. The van der Waals surface area contributed by atoms with Gasteiger partial charge in [0.2, 0.25) is 0 Å². The Morgan fingerprint density at radius 2 is 2.00 bits per heavy atom. The van der Waals surface area contributed by atoms with E-state index in [1.165, 1.54) is 25.7 Å². The Kier molecular flexibility index (Phi) is 1.92. The summed E-state index contributed by atoms with van der Waals surface area (Å²) in [4.78, 5) is 0. The number of thiol groups is 1. The number of hydrogen-bond donors (Lipinski definition) is 1. The fourth-order valence-corrected chi connectivity index (χ4v) is 4.87. The average Bonchev–Trinajstić information content (AvgIpc) is 2.76. The molecule has 6 unspecified atom stereocenters. The molecule has 0 aromatic carbocycles. The largest absolute Gasteiger partial charge is 0.381 e. The zero-order valence-electron chi connectivity index (χ0n) is 8.15. The lowest BCUT2D eigenvalue weighted by Gasteiger charge is -2.32. The van der Waals surface area contributed by atoms with Crippen LogP contribution in [0.1, 0.15) is 25.7 Å². The molecule has 0 amide bonds. The minimum absolute atomic E-state index is 0.569. The molecule has 3 fully saturated rings. The van der Waals surface area contributed by atoms with Crippen LogP contribution >= 0.6 is 12.6 Å². The van der Waals surface area contributed by atoms with E-state index < -0.39 is 0 Å². The Labute approximate surface area is 85.6 Å². The molecule has 6 atom stereocenters. The van der Waals surface area contributed by atoms with E-state index in [0.717, 1.165) is 23.7 Å². The van der Waals surface area contributed by atoms with Gasteiger partial charge in [-0.25, -0.2) is 0 Å². The molecular weight excluding hydrogens is 180 g/mol. The van der Waals surface area contributed by atoms with Crippen LogP contribution < -0.4 is 0 Å². The predicted molar refractivity (Wildman–Crippen MR) is 56.0 cm³/mol. The van der Waals surface area contributed by atoms with Crippen LogP contribution in [0.25, 0.3) is 0 Å². The second kappa shape index (κ2) is 2.90. The maximum Gasteiger partial charge on any atom is 0.0605 e. The summed E-state index contributed by atoms with van der Waals surface area (Å²) in [5.41, 5.74) is 0. The fraction of sp³-hybridized carbons (Fsp3) is 1.00. The summed E-state index contributed by atoms with van der Waals surface area (Å²) in [5, 5.41) is 0.679. The van der Waals surface area contributed by atoms with Crippen LogP contribution in [0.4, 0.5) is 0 Å². The Morgan fingerprint density at radius 1 is 1.15 bits per heavy atom. The maximum atomic E-state index is 5.57. The van der Waals surface area contributed by atoms with E-state index in [4.69, 9.17) is 17.4 Å². The van der Waals surface area contributed by atoms with Crippen LogP contribution in [0, 0.1) is 23.7 Å². The molecule has 0 spiro atoms. The van der Waals surface area contributed by atoms with E-state index in [1.54, 1.807) is 0 Å². The molecule has 0 radical (unpaired) electrons.